The van der Waals surface area contributed by atoms with Crippen LogP contribution in [0.15, 0.2) is 39.9 Å². The zero-order valence-electron chi connectivity index (χ0n) is 9.74. The van der Waals surface area contributed by atoms with Gasteiger partial charge in [-0.3, -0.25) is 4.31 Å². The minimum Gasteiger partial charge on any atom is -0.489 e. The van der Waals surface area contributed by atoms with E-state index in [0.717, 1.165) is 11.3 Å². The predicted molar refractivity (Wildman–Crippen MR) is 70.7 cm³/mol. The molecule has 1 aromatic carbocycles. The maximum Gasteiger partial charge on any atom is 0.274 e. The second-order valence-corrected chi connectivity index (χ2v) is 7.01. The molecule has 0 atom stereocenters. The second kappa shape index (κ2) is 4.50. The van der Waals surface area contributed by atoms with Crippen molar-refractivity contribution in [1.82, 2.24) is 0 Å². The highest BCUT2D eigenvalue weighted by Gasteiger charge is 2.31. The van der Waals surface area contributed by atoms with Gasteiger partial charge in [-0.05, 0) is 23.6 Å². The maximum atomic E-state index is 13.3. The molecule has 4 nitrogen and oxygen atoms in total. The van der Waals surface area contributed by atoms with Crippen molar-refractivity contribution in [2.24, 2.45) is 0 Å². The van der Waals surface area contributed by atoms with Crippen LogP contribution in [0.4, 0.5) is 10.1 Å². The molecule has 1 aliphatic rings. The highest BCUT2D eigenvalue weighted by Crippen LogP contribution is 2.36. The normalized spacial score (nSPS) is 14.9. The quantitative estimate of drug-likeness (QED) is 0.856. The molecule has 2 heterocycles. The van der Waals surface area contributed by atoms with Gasteiger partial charge in [0.05, 0.1) is 12.2 Å². The molecule has 100 valence electrons. The molecule has 1 aromatic heterocycles. The number of hydrogen-bond donors (Lipinski definition) is 0. The average Bonchev–Trinajstić information content (AvgIpc) is 2.92. The minimum atomic E-state index is -3.64. The second-order valence-electron chi connectivity index (χ2n) is 3.97. The van der Waals surface area contributed by atoms with Crippen LogP contribution in [0.3, 0.4) is 0 Å². The van der Waals surface area contributed by atoms with Crippen LogP contribution in [0, 0.1) is 5.82 Å². The molecule has 0 saturated heterocycles. The topological polar surface area (TPSA) is 46.6 Å². The standard InChI is InChI=1S/C12H10FNO3S2/c13-9-3-4-11-10(8-9)14(5-6-17-11)19(15,16)12-2-1-7-18-12/h1-4,7-8H,5-6H2. The number of fused-ring (bicyclic) bond motifs is 1. The molecular weight excluding hydrogens is 289 g/mol. The van der Waals surface area contributed by atoms with Crippen LogP contribution >= 0.6 is 11.3 Å². The van der Waals surface area contributed by atoms with E-state index in [1.54, 1.807) is 11.4 Å². The zero-order chi connectivity index (χ0) is 13.5. The molecule has 1 aliphatic heterocycles. The van der Waals surface area contributed by atoms with Crippen LogP contribution in [0.5, 0.6) is 5.75 Å². The van der Waals surface area contributed by atoms with E-state index >= 15 is 0 Å². The summed E-state index contributed by atoms with van der Waals surface area (Å²) in [7, 11) is -3.64. The first-order valence-corrected chi connectivity index (χ1v) is 7.89. The molecule has 0 amide bonds. The molecule has 2 aromatic rings. The van der Waals surface area contributed by atoms with Crippen molar-refractivity contribution in [3.63, 3.8) is 0 Å². The monoisotopic (exact) mass is 299 g/mol. The first kappa shape index (κ1) is 12.4. The van der Waals surface area contributed by atoms with Crippen LogP contribution in [0.25, 0.3) is 0 Å². The Kier molecular flexibility index (Phi) is 2.94. The van der Waals surface area contributed by atoms with Crippen molar-refractivity contribution in [1.29, 1.82) is 0 Å². The van der Waals surface area contributed by atoms with Crippen LogP contribution in [-0.4, -0.2) is 21.6 Å². The van der Waals surface area contributed by atoms with E-state index in [1.165, 1.54) is 28.6 Å². The molecule has 0 unspecified atom stereocenters. The molecule has 0 fully saturated rings. The summed E-state index contributed by atoms with van der Waals surface area (Å²) in [6.07, 6.45) is 0. The number of rotatable bonds is 2. The zero-order valence-corrected chi connectivity index (χ0v) is 11.4. The molecule has 0 aliphatic carbocycles. The van der Waals surface area contributed by atoms with E-state index in [-0.39, 0.29) is 23.0 Å². The fraction of sp³-hybridized carbons (Fsp3) is 0.167. The minimum absolute atomic E-state index is 0.177. The van der Waals surface area contributed by atoms with E-state index in [4.69, 9.17) is 4.74 Å². The van der Waals surface area contributed by atoms with Crippen molar-refractivity contribution in [3.8, 4) is 5.75 Å². The van der Waals surface area contributed by atoms with E-state index in [1.807, 2.05) is 0 Å². The van der Waals surface area contributed by atoms with Gasteiger partial charge in [-0.25, -0.2) is 12.8 Å². The molecule has 0 spiro atoms. The average molecular weight is 299 g/mol. The van der Waals surface area contributed by atoms with Crippen molar-refractivity contribution < 1.29 is 17.5 Å². The summed E-state index contributed by atoms with van der Waals surface area (Å²) in [6, 6.07) is 7.08. The van der Waals surface area contributed by atoms with Crippen LogP contribution in [0.2, 0.25) is 0 Å². The van der Waals surface area contributed by atoms with Crippen molar-refractivity contribution in [2.75, 3.05) is 17.5 Å². The van der Waals surface area contributed by atoms with Crippen molar-refractivity contribution in [3.05, 3.63) is 41.5 Å². The van der Waals surface area contributed by atoms with E-state index in [0.29, 0.717) is 5.75 Å². The van der Waals surface area contributed by atoms with Crippen molar-refractivity contribution in [2.45, 2.75) is 4.21 Å². The molecule has 19 heavy (non-hydrogen) atoms. The molecule has 3 rings (SSSR count). The highest BCUT2D eigenvalue weighted by atomic mass is 32.2. The first-order valence-electron chi connectivity index (χ1n) is 5.57. The van der Waals surface area contributed by atoms with Gasteiger partial charge in [-0.1, -0.05) is 6.07 Å². The van der Waals surface area contributed by atoms with E-state index in [2.05, 4.69) is 0 Å². The molecule has 0 saturated carbocycles. The van der Waals surface area contributed by atoms with Gasteiger partial charge < -0.3 is 4.74 Å². The fourth-order valence-corrected chi connectivity index (χ4v) is 4.49. The summed E-state index contributed by atoms with van der Waals surface area (Å²) < 4.78 is 45.1. The molecule has 0 N–H and O–H groups in total. The molecule has 0 radical (unpaired) electrons. The summed E-state index contributed by atoms with van der Waals surface area (Å²) in [4.78, 5) is 0. The lowest BCUT2D eigenvalue weighted by Crippen LogP contribution is -2.37. The summed E-state index contributed by atoms with van der Waals surface area (Å²) in [5.74, 6) is -0.108. The summed E-state index contributed by atoms with van der Waals surface area (Å²) in [5, 5.41) is 1.69. The fourth-order valence-electron chi connectivity index (χ4n) is 1.93. The summed E-state index contributed by atoms with van der Waals surface area (Å²) >= 11 is 1.14. The van der Waals surface area contributed by atoms with Gasteiger partial charge in [0, 0.05) is 6.07 Å². The van der Waals surface area contributed by atoms with E-state index < -0.39 is 15.8 Å². The number of anilines is 1. The summed E-state index contributed by atoms with van der Waals surface area (Å²) in [5.41, 5.74) is 0.250. The number of ether oxygens (including phenoxy) is 1. The maximum absolute atomic E-state index is 13.3. The Hall–Kier alpha value is -1.60. The van der Waals surface area contributed by atoms with Gasteiger partial charge in [0.25, 0.3) is 10.0 Å². The number of hydrogen-bond acceptors (Lipinski definition) is 4. The van der Waals surface area contributed by atoms with E-state index in [9.17, 15) is 12.8 Å². The largest absolute Gasteiger partial charge is 0.489 e. The lowest BCUT2D eigenvalue weighted by atomic mass is 10.2. The van der Waals surface area contributed by atoms with Gasteiger partial charge >= 0.3 is 0 Å². The van der Waals surface area contributed by atoms with Gasteiger partial charge in [-0.2, -0.15) is 0 Å². The van der Waals surface area contributed by atoms with Crippen LogP contribution in [-0.2, 0) is 10.0 Å². The van der Waals surface area contributed by atoms with Crippen molar-refractivity contribution >= 4 is 27.0 Å². The number of nitrogens with zero attached hydrogens (tertiary/aromatic N) is 1. The Morgan fingerprint density at radius 3 is 2.89 bits per heavy atom. The van der Waals surface area contributed by atoms with Gasteiger partial charge in [0.1, 0.15) is 22.4 Å². The third kappa shape index (κ3) is 2.08. The number of benzene rings is 1. The number of thiophene rings is 1. The highest BCUT2D eigenvalue weighted by molar-refractivity contribution is 7.94. The number of sulfonamides is 1. The molecule has 0 bridgehead atoms. The van der Waals surface area contributed by atoms with Crippen LogP contribution in [0.1, 0.15) is 0 Å². The Morgan fingerprint density at radius 2 is 2.16 bits per heavy atom. The summed E-state index contributed by atoms with van der Waals surface area (Å²) in [6.45, 7) is 0.430. The van der Waals surface area contributed by atoms with Gasteiger partial charge in [0.15, 0.2) is 0 Å². The Labute approximate surface area is 114 Å². The SMILES string of the molecule is O=S(=O)(c1cccs1)N1CCOc2ccc(F)cc21. The predicted octanol–water partition coefficient (Wildman–Crippen LogP) is 2.47. The van der Waals surface area contributed by atoms with Crippen LogP contribution < -0.4 is 9.04 Å². The lowest BCUT2D eigenvalue weighted by Gasteiger charge is -2.29. The molecule has 7 heteroatoms. The Morgan fingerprint density at radius 1 is 1.32 bits per heavy atom. The third-order valence-electron chi connectivity index (χ3n) is 2.78. The van der Waals surface area contributed by atoms with Gasteiger partial charge in [-0.15, -0.1) is 11.3 Å². The Bertz CT molecular complexity index is 698. The third-order valence-corrected chi connectivity index (χ3v) is 5.97. The smallest absolute Gasteiger partial charge is 0.274 e. The first-order chi connectivity index (χ1) is 9.09. The number of halogens is 1. The Balaban J connectivity index is 2.12. The lowest BCUT2D eigenvalue weighted by molar-refractivity contribution is 0.315. The van der Waals surface area contributed by atoms with Gasteiger partial charge in [0.2, 0.25) is 0 Å². The molecular formula is C12H10FNO3S2.